The minimum absolute atomic E-state index is 0.255. The first-order valence-corrected chi connectivity index (χ1v) is 6.30. The van der Waals surface area contributed by atoms with Crippen LogP contribution in [0.1, 0.15) is 11.1 Å². The molecule has 0 aromatic heterocycles. The van der Waals surface area contributed by atoms with E-state index >= 15 is 0 Å². The van der Waals surface area contributed by atoms with Gasteiger partial charge in [0.25, 0.3) is 0 Å². The van der Waals surface area contributed by atoms with E-state index in [9.17, 15) is 8.78 Å². The van der Waals surface area contributed by atoms with Crippen LogP contribution in [0.25, 0.3) is 0 Å². The summed E-state index contributed by atoms with van der Waals surface area (Å²) in [5.41, 5.74) is 2.27. The predicted molar refractivity (Wildman–Crippen MR) is 72.6 cm³/mol. The van der Waals surface area contributed by atoms with Crippen molar-refractivity contribution in [3.05, 3.63) is 63.6 Å². The standard InChI is InChI=1S/C14H12BrF2N/c1-9-7-11(5-6-12(9)15)18-8-10-3-2-4-13(16)14(10)17/h2-7,18H,8H2,1H3. The summed E-state index contributed by atoms with van der Waals surface area (Å²) in [5, 5.41) is 3.07. The number of nitrogens with one attached hydrogen (secondary N) is 1. The highest BCUT2D eigenvalue weighted by Crippen LogP contribution is 2.21. The molecule has 0 bridgehead atoms. The number of hydrogen-bond acceptors (Lipinski definition) is 1. The van der Waals surface area contributed by atoms with Crippen LogP contribution < -0.4 is 5.32 Å². The van der Waals surface area contributed by atoms with Crippen LogP contribution in [0.2, 0.25) is 0 Å². The maximum atomic E-state index is 13.4. The Bertz CT molecular complexity index is 570. The lowest BCUT2D eigenvalue weighted by Crippen LogP contribution is -2.03. The summed E-state index contributed by atoms with van der Waals surface area (Å²) in [7, 11) is 0. The summed E-state index contributed by atoms with van der Waals surface area (Å²) in [4.78, 5) is 0. The van der Waals surface area contributed by atoms with Crippen molar-refractivity contribution >= 4 is 21.6 Å². The Balaban J connectivity index is 2.11. The van der Waals surface area contributed by atoms with Gasteiger partial charge in [0.1, 0.15) is 0 Å². The molecular formula is C14H12BrF2N. The molecule has 2 rings (SSSR count). The van der Waals surface area contributed by atoms with E-state index in [2.05, 4.69) is 21.2 Å². The van der Waals surface area contributed by atoms with Gasteiger partial charge in [0.2, 0.25) is 0 Å². The van der Waals surface area contributed by atoms with Crippen molar-refractivity contribution in [1.29, 1.82) is 0 Å². The monoisotopic (exact) mass is 311 g/mol. The van der Waals surface area contributed by atoms with Crippen LogP contribution in [-0.2, 0) is 6.54 Å². The summed E-state index contributed by atoms with van der Waals surface area (Å²) in [6.07, 6.45) is 0. The molecule has 18 heavy (non-hydrogen) atoms. The second-order valence-electron chi connectivity index (χ2n) is 4.03. The first-order chi connectivity index (χ1) is 8.58. The topological polar surface area (TPSA) is 12.0 Å². The number of halogens is 3. The predicted octanol–water partition coefficient (Wildman–Crippen LogP) is 4.65. The molecule has 0 spiro atoms. The molecule has 0 aliphatic carbocycles. The Morgan fingerprint density at radius 2 is 1.94 bits per heavy atom. The van der Waals surface area contributed by atoms with Crippen LogP contribution in [-0.4, -0.2) is 0 Å². The summed E-state index contributed by atoms with van der Waals surface area (Å²) in [6, 6.07) is 9.93. The van der Waals surface area contributed by atoms with E-state index in [0.717, 1.165) is 21.8 Å². The summed E-state index contributed by atoms with van der Waals surface area (Å²) >= 11 is 3.41. The fraction of sp³-hybridized carbons (Fsp3) is 0.143. The average Bonchev–Trinajstić information content (AvgIpc) is 2.35. The maximum absolute atomic E-state index is 13.4. The van der Waals surface area contributed by atoms with Crippen LogP contribution in [0.3, 0.4) is 0 Å². The minimum Gasteiger partial charge on any atom is -0.381 e. The molecule has 2 aromatic rings. The molecule has 1 N–H and O–H groups in total. The zero-order chi connectivity index (χ0) is 13.1. The third-order valence-electron chi connectivity index (χ3n) is 2.67. The number of hydrogen-bond donors (Lipinski definition) is 1. The molecule has 0 saturated heterocycles. The third kappa shape index (κ3) is 2.88. The molecule has 0 radical (unpaired) electrons. The zero-order valence-corrected chi connectivity index (χ0v) is 11.4. The summed E-state index contributed by atoms with van der Waals surface area (Å²) in [6.45, 7) is 2.22. The minimum atomic E-state index is -0.818. The molecule has 94 valence electrons. The van der Waals surface area contributed by atoms with Gasteiger partial charge in [0.05, 0.1) is 0 Å². The van der Waals surface area contributed by atoms with Crippen LogP contribution >= 0.6 is 15.9 Å². The molecule has 0 fully saturated rings. The highest BCUT2D eigenvalue weighted by molar-refractivity contribution is 9.10. The first kappa shape index (κ1) is 13.0. The lowest BCUT2D eigenvalue weighted by atomic mass is 10.2. The second kappa shape index (κ2) is 5.48. The van der Waals surface area contributed by atoms with E-state index in [-0.39, 0.29) is 6.54 Å². The Morgan fingerprint density at radius 3 is 2.67 bits per heavy atom. The van der Waals surface area contributed by atoms with Crippen LogP contribution in [0.4, 0.5) is 14.5 Å². The van der Waals surface area contributed by atoms with E-state index in [1.54, 1.807) is 6.07 Å². The van der Waals surface area contributed by atoms with E-state index in [1.165, 1.54) is 6.07 Å². The molecule has 1 nitrogen and oxygen atoms in total. The second-order valence-corrected chi connectivity index (χ2v) is 4.88. The molecule has 4 heteroatoms. The largest absolute Gasteiger partial charge is 0.381 e. The molecule has 2 aromatic carbocycles. The molecule has 0 aliphatic heterocycles. The van der Waals surface area contributed by atoms with E-state index in [1.807, 2.05) is 25.1 Å². The Morgan fingerprint density at radius 1 is 1.17 bits per heavy atom. The van der Waals surface area contributed by atoms with Gasteiger partial charge >= 0.3 is 0 Å². The average molecular weight is 312 g/mol. The molecule has 0 atom stereocenters. The molecule has 0 heterocycles. The molecule has 0 saturated carbocycles. The van der Waals surface area contributed by atoms with Gasteiger partial charge in [-0.1, -0.05) is 28.1 Å². The maximum Gasteiger partial charge on any atom is 0.163 e. The van der Waals surface area contributed by atoms with Gasteiger partial charge in [-0.25, -0.2) is 8.78 Å². The summed E-state index contributed by atoms with van der Waals surface area (Å²) in [5.74, 6) is -1.61. The van der Waals surface area contributed by atoms with Crippen molar-refractivity contribution in [2.75, 3.05) is 5.32 Å². The lowest BCUT2D eigenvalue weighted by molar-refractivity contribution is 0.500. The van der Waals surface area contributed by atoms with Crippen molar-refractivity contribution in [2.45, 2.75) is 13.5 Å². The molecular weight excluding hydrogens is 300 g/mol. The molecule has 0 amide bonds. The van der Waals surface area contributed by atoms with E-state index in [0.29, 0.717) is 5.56 Å². The van der Waals surface area contributed by atoms with Gasteiger partial charge in [0, 0.05) is 22.3 Å². The highest BCUT2D eigenvalue weighted by atomic mass is 79.9. The molecule has 0 aliphatic rings. The number of aryl methyl sites for hydroxylation is 1. The van der Waals surface area contributed by atoms with Crippen molar-refractivity contribution in [2.24, 2.45) is 0 Å². The van der Waals surface area contributed by atoms with Gasteiger partial charge < -0.3 is 5.32 Å². The Hall–Kier alpha value is -1.42. The van der Waals surface area contributed by atoms with Crippen molar-refractivity contribution < 1.29 is 8.78 Å². The van der Waals surface area contributed by atoms with Gasteiger partial charge in [-0.2, -0.15) is 0 Å². The van der Waals surface area contributed by atoms with Crippen molar-refractivity contribution in [3.8, 4) is 0 Å². The Kier molecular flexibility index (Phi) is 3.97. The normalized spacial score (nSPS) is 10.4. The Labute approximate surface area is 113 Å². The number of benzene rings is 2. The fourth-order valence-electron chi connectivity index (χ4n) is 1.64. The van der Waals surface area contributed by atoms with Gasteiger partial charge in [-0.05, 0) is 36.8 Å². The number of anilines is 1. The fourth-order valence-corrected chi connectivity index (χ4v) is 1.88. The lowest BCUT2D eigenvalue weighted by Gasteiger charge is -2.09. The first-order valence-electron chi connectivity index (χ1n) is 5.51. The van der Waals surface area contributed by atoms with E-state index < -0.39 is 11.6 Å². The smallest absolute Gasteiger partial charge is 0.163 e. The van der Waals surface area contributed by atoms with Crippen molar-refractivity contribution in [1.82, 2.24) is 0 Å². The zero-order valence-electron chi connectivity index (χ0n) is 9.81. The highest BCUT2D eigenvalue weighted by Gasteiger charge is 2.07. The van der Waals surface area contributed by atoms with Gasteiger partial charge in [-0.3, -0.25) is 0 Å². The van der Waals surface area contributed by atoms with Crippen LogP contribution in [0.15, 0.2) is 40.9 Å². The van der Waals surface area contributed by atoms with Gasteiger partial charge in [-0.15, -0.1) is 0 Å². The van der Waals surface area contributed by atoms with E-state index in [4.69, 9.17) is 0 Å². The SMILES string of the molecule is Cc1cc(NCc2cccc(F)c2F)ccc1Br. The quantitative estimate of drug-likeness (QED) is 0.870. The summed E-state index contributed by atoms with van der Waals surface area (Å²) < 4.78 is 27.5. The number of rotatable bonds is 3. The van der Waals surface area contributed by atoms with Crippen molar-refractivity contribution in [3.63, 3.8) is 0 Å². The van der Waals surface area contributed by atoms with Crippen LogP contribution in [0, 0.1) is 18.6 Å². The third-order valence-corrected chi connectivity index (χ3v) is 3.56. The van der Waals surface area contributed by atoms with Gasteiger partial charge in [0.15, 0.2) is 11.6 Å². The van der Waals surface area contributed by atoms with Crippen LogP contribution in [0.5, 0.6) is 0 Å². The molecule has 0 unspecified atom stereocenters.